The average Bonchev–Trinajstić information content (AvgIpc) is 3.11. The molecule has 33 heavy (non-hydrogen) atoms. The fraction of sp³-hybridized carbons (Fsp3) is 0.364. The highest BCUT2D eigenvalue weighted by molar-refractivity contribution is 7.15. The lowest BCUT2D eigenvalue weighted by Gasteiger charge is -2.10. The number of hydrogen-bond donors (Lipinski definition) is 2. The van der Waals surface area contributed by atoms with Gasteiger partial charge in [0, 0.05) is 5.02 Å². The number of ether oxygens (including phenoxy) is 2. The lowest BCUT2D eigenvalue weighted by atomic mass is 10.0. The van der Waals surface area contributed by atoms with E-state index >= 15 is 0 Å². The lowest BCUT2D eigenvalue weighted by Crippen LogP contribution is -2.32. The molecule has 2 N–H and O–H groups in total. The standard InChI is InChI=1S/C22H24Cl2N2O6S/c1-4-31-22(30)19-13(7-12(2)3)11-33-21(19)26-17(27)10-32-18(28)9-25-20(29)15-6-5-14(23)8-16(15)24/h5-6,8,11-12H,4,7,9-10H2,1-3H3,(H,25,29)(H,26,27). The van der Waals surface area contributed by atoms with Crippen molar-refractivity contribution in [3.05, 3.63) is 50.3 Å². The molecule has 0 spiro atoms. The number of anilines is 1. The SMILES string of the molecule is CCOC(=O)c1c(CC(C)C)csc1NC(=O)COC(=O)CNC(=O)c1ccc(Cl)cc1Cl. The van der Waals surface area contributed by atoms with Crippen molar-refractivity contribution in [3.63, 3.8) is 0 Å². The quantitative estimate of drug-likeness (QED) is 0.456. The largest absolute Gasteiger partial charge is 0.462 e. The van der Waals surface area contributed by atoms with Crippen LogP contribution in [0.5, 0.6) is 0 Å². The van der Waals surface area contributed by atoms with E-state index in [-0.39, 0.29) is 17.2 Å². The molecule has 0 saturated carbocycles. The van der Waals surface area contributed by atoms with Crippen LogP contribution in [-0.2, 0) is 25.5 Å². The molecule has 2 aromatic rings. The van der Waals surface area contributed by atoms with Gasteiger partial charge in [-0.25, -0.2) is 4.79 Å². The first-order chi connectivity index (χ1) is 15.6. The predicted octanol–water partition coefficient (Wildman–Crippen LogP) is 4.34. The van der Waals surface area contributed by atoms with Gasteiger partial charge in [-0.3, -0.25) is 14.4 Å². The molecule has 2 amide bonds. The second-order valence-electron chi connectivity index (χ2n) is 7.30. The Kier molecular flexibility index (Phi) is 10.1. The van der Waals surface area contributed by atoms with Crippen molar-refractivity contribution in [2.45, 2.75) is 27.2 Å². The summed E-state index contributed by atoms with van der Waals surface area (Å²) >= 11 is 12.9. The van der Waals surface area contributed by atoms with Gasteiger partial charge in [0.05, 0.1) is 22.8 Å². The summed E-state index contributed by atoms with van der Waals surface area (Å²) in [5, 5.41) is 7.58. The summed E-state index contributed by atoms with van der Waals surface area (Å²) in [6, 6.07) is 4.32. The molecular formula is C22H24Cl2N2O6S. The van der Waals surface area contributed by atoms with Gasteiger partial charge >= 0.3 is 11.9 Å². The summed E-state index contributed by atoms with van der Waals surface area (Å²) in [7, 11) is 0. The van der Waals surface area contributed by atoms with E-state index in [2.05, 4.69) is 10.6 Å². The Labute approximate surface area is 205 Å². The molecule has 8 nitrogen and oxygen atoms in total. The number of nitrogens with one attached hydrogen (secondary N) is 2. The smallest absolute Gasteiger partial charge is 0.341 e. The molecule has 0 aliphatic rings. The summed E-state index contributed by atoms with van der Waals surface area (Å²) < 4.78 is 10.0. The van der Waals surface area contributed by atoms with E-state index in [1.54, 1.807) is 12.3 Å². The van der Waals surface area contributed by atoms with E-state index in [9.17, 15) is 19.2 Å². The number of rotatable bonds is 10. The number of hydrogen-bond acceptors (Lipinski definition) is 7. The first-order valence-electron chi connectivity index (χ1n) is 10.1. The van der Waals surface area contributed by atoms with Crippen LogP contribution in [0, 0.1) is 5.92 Å². The van der Waals surface area contributed by atoms with Crippen molar-refractivity contribution in [1.29, 1.82) is 0 Å². The Morgan fingerprint density at radius 3 is 2.48 bits per heavy atom. The van der Waals surface area contributed by atoms with Crippen LogP contribution >= 0.6 is 34.5 Å². The van der Waals surface area contributed by atoms with Crippen molar-refractivity contribution in [1.82, 2.24) is 5.32 Å². The monoisotopic (exact) mass is 514 g/mol. The van der Waals surface area contributed by atoms with Gasteiger partial charge in [0.2, 0.25) is 0 Å². The summed E-state index contributed by atoms with van der Waals surface area (Å²) in [5.74, 6) is -2.26. The third-order valence-electron chi connectivity index (χ3n) is 4.16. The number of halogens is 2. The molecule has 1 heterocycles. The maximum atomic E-state index is 12.4. The van der Waals surface area contributed by atoms with Crippen molar-refractivity contribution >= 4 is 63.3 Å². The molecule has 0 unspecified atom stereocenters. The van der Waals surface area contributed by atoms with E-state index in [0.29, 0.717) is 27.9 Å². The second kappa shape index (κ2) is 12.6. The summed E-state index contributed by atoms with van der Waals surface area (Å²) in [6.07, 6.45) is 0.646. The predicted molar refractivity (Wildman–Crippen MR) is 127 cm³/mol. The van der Waals surface area contributed by atoms with Crippen molar-refractivity contribution < 1.29 is 28.7 Å². The normalized spacial score (nSPS) is 10.6. The van der Waals surface area contributed by atoms with Gasteiger partial charge in [0.1, 0.15) is 11.5 Å². The first kappa shape index (κ1) is 26.6. The van der Waals surface area contributed by atoms with Gasteiger partial charge in [-0.2, -0.15) is 0 Å². The highest BCUT2D eigenvalue weighted by Gasteiger charge is 2.22. The topological polar surface area (TPSA) is 111 Å². The van der Waals surface area contributed by atoms with E-state index in [1.165, 1.54) is 29.5 Å². The Hall–Kier alpha value is -2.62. The van der Waals surface area contributed by atoms with Crippen molar-refractivity contribution in [2.75, 3.05) is 25.1 Å². The number of carbonyl (C=O) groups is 4. The van der Waals surface area contributed by atoms with E-state index in [4.69, 9.17) is 32.7 Å². The maximum Gasteiger partial charge on any atom is 0.341 e. The average molecular weight is 515 g/mol. The summed E-state index contributed by atoms with van der Waals surface area (Å²) in [5.41, 5.74) is 1.24. The molecule has 0 bridgehead atoms. The Balaban J connectivity index is 1.90. The molecule has 0 aliphatic heterocycles. The zero-order valence-corrected chi connectivity index (χ0v) is 20.7. The van der Waals surface area contributed by atoms with Gasteiger partial charge in [-0.1, -0.05) is 37.0 Å². The fourth-order valence-corrected chi connectivity index (χ4v) is 4.26. The van der Waals surface area contributed by atoms with Gasteiger partial charge < -0.3 is 20.1 Å². The highest BCUT2D eigenvalue weighted by Crippen LogP contribution is 2.31. The molecule has 0 fully saturated rings. The van der Waals surface area contributed by atoms with Crippen molar-refractivity contribution in [3.8, 4) is 0 Å². The Morgan fingerprint density at radius 2 is 1.85 bits per heavy atom. The summed E-state index contributed by atoms with van der Waals surface area (Å²) in [6.45, 7) is 4.89. The van der Waals surface area contributed by atoms with E-state index < -0.39 is 36.9 Å². The number of carbonyl (C=O) groups excluding carboxylic acids is 4. The van der Waals surface area contributed by atoms with Crippen LogP contribution in [0.15, 0.2) is 23.6 Å². The zero-order valence-electron chi connectivity index (χ0n) is 18.3. The molecule has 2 rings (SSSR count). The number of benzene rings is 1. The minimum absolute atomic E-state index is 0.137. The van der Waals surface area contributed by atoms with Crippen LogP contribution in [0.25, 0.3) is 0 Å². The second-order valence-corrected chi connectivity index (χ2v) is 9.02. The van der Waals surface area contributed by atoms with Crippen LogP contribution in [-0.4, -0.2) is 43.5 Å². The Morgan fingerprint density at radius 1 is 1.12 bits per heavy atom. The van der Waals surface area contributed by atoms with Crippen LogP contribution in [0.1, 0.15) is 47.1 Å². The third kappa shape index (κ3) is 8.03. The molecule has 1 aromatic carbocycles. The van der Waals surface area contributed by atoms with Crippen LogP contribution < -0.4 is 10.6 Å². The zero-order chi connectivity index (χ0) is 24.5. The van der Waals surface area contributed by atoms with Gasteiger partial charge in [0.15, 0.2) is 6.61 Å². The highest BCUT2D eigenvalue weighted by atomic mass is 35.5. The van der Waals surface area contributed by atoms with Gasteiger partial charge in [-0.15, -0.1) is 11.3 Å². The molecular weight excluding hydrogens is 491 g/mol. The maximum absolute atomic E-state index is 12.4. The van der Waals surface area contributed by atoms with Gasteiger partial charge in [0.25, 0.3) is 11.8 Å². The molecule has 11 heteroatoms. The first-order valence-corrected chi connectivity index (χ1v) is 11.7. The van der Waals surface area contributed by atoms with Crippen LogP contribution in [0.2, 0.25) is 10.0 Å². The molecule has 0 aliphatic carbocycles. The number of amides is 2. The van der Waals surface area contributed by atoms with Crippen LogP contribution in [0.4, 0.5) is 5.00 Å². The van der Waals surface area contributed by atoms with Crippen molar-refractivity contribution in [2.24, 2.45) is 5.92 Å². The molecule has 0 saturated heterocycles. The molecule has 1 aromatic heterocycles. The summed E-state index contributed by atoms with van der Waals surface area (Å²) in [4.78, 5) is 48.7. The third-order valence-corrected chi connectivity index (χ3v) is 5.65. The van der Waals surface area contributed by atoms with Crippen LogP contribution in [0.3, 0.4) is 0 Å². The Bertz CT molecular complexity index is 1040. The number of thiophene rings is 1. The minimum Gasteiger partial charge on any atom is -0.462 e. The van der Waals surface area contributed by atoms with E-state index in [1.807, 2.05) is 13.8 Å². The molecule has 178 valence electrons. The van der Waals surface area contributed by atoms with Gasteiger partial charge in [-0.05, 0) is 48.4 Å². The van der Waals surface area contributed by atoms with E-state index in [0.717, 1.165) is 5.56 Å². The molecule has 0 radical (unpaired) electrons. The fourth-order valence-electron chi connectivity index (χ4n) is 2.78. The lowest BCUT2D eigenvalue weighted by molar-refractivity contribution is -0.146. The minimum atomic E-state index is -0.819. The number of esters is 2. The molecule has 0 atom stereocenters.